The van der Waals surface area contributed by atoms with E-state index in [1.807, 2.05) is 11.1 Å². The van der Waals surface area contributed by atoms with Crippen molar-refractivity contribution in [3.8, 4) is 0 Å². The Bertz CT molecular complexity index is 607. The average molecular weight is 414 g/mol. The van der Waals surface area contributed by atoms with Crippen molar-refractivity contribution in [2.24, 2.45) is 11.8 Å². The lowest BCUT2D eigenvalue weighted by molar-refractivity contribution is -0.0219. The standard InChI is InChI=1S/C27H47N3/c1-19-13-21(26-10-6-12-29-27(26)16-19)17-24-9-5-8-23-14-20(2)15-25(30(23)24)18-22-7-3-4-11-28-22/h19-20,22-25,27-29H,3-18H2,1-2H3/t19-,20-,22?,23-,24-,25+,27-/m0/s1. The van der Waals surface area contributed by atoms with Gasteiger partial charge in [0, 0.05) is 30.2 Å². The molecule has 4 fully saturated rings. The minimum atomic E-state index is 0.709. The highest BCUT2D eigenvalue weighted by molar-refractivity contribution is 5.26. The molecule has 30 heavy (non-hydrogen) atoms. The fourth-order valence-corrected chi connectivity index (χ4v) is 8.08. The van der Waals surface area contributed by atoms with Gasteiger partial charge in [0.2, 0.25) is 0 Å². The molecule has 4 saturated heterocycles. The number of piperidine rings is 4. The van der Waals surface area contributed by atoms with E-state index in [4.69, 9.17) is 0 Å². The van der Waals surface area contributed by atoms with Crippen LogP contribution >= 0.6 is 0 Å². The Balaban J connectivity index is 1.35. The summed E-state index contributed by atoms with van der Waals surface area (Å²) in [6, 6.07) is 4.00. The molecule has 4 heterocycles. The Kier molecular flexibility index (Phi) is 6.89. The number of nitrogens with zero attached hydrogens (tertiary/aromatic N) is 1. The lowest BCUT2D eigenvalue weighted by Crippen LogP contribution is -2.57. The largest absolute Gasteiger partial charge is 0.314 e. The molecule has 5 aliphatic rings. The second-order valence-corrected chi connectivity index (χ2v) is 11.8. The quantitative estimate of drug-likeness (QED) is 0.604. The first kappa shape index (κ1) is 21.5. The number of hydrogen-bond donors (Lipinski definition) is 2. The zero-order valence-electron chi connectivity index (χ0n) is 19.8. The fourth-order valence-electron chi connectivity index (χ4n) is 8.08. The van der Waals surface area contributed by atoms with Crippen LogP contribution in [0, 0.1) is 11.8 Å². The Labute approximate surface area is 185 Å². The van der Waals surface area contributed by atoms with Crippen LogP contribution in [0.15, 0.2) is 11.1 Å². The van der Waals surface area contributed by atoms with E-state index >= 15 is 0 Å². The zero-order chi connectivity index (χ0) is 20.5. The molecule has 3 heteroatoms. The van der Waals surface area contributed by atoms with E-state index in [1.54, 1.807) is 0 Å². The molecule has 0 amide bonds. The first-order valence-electron chi connectivity index (χ1n) is 13.6. The molecule has 0 radical (unpaired) electrons. The second-order valence-electron chi connectivity index (χ2n) is 11.8. The monoisotopic (exact) mass is 413 g/mol. The SMILES string of the molecule is C[C@H]1C[C@@H]2CCC[C@@H](CC3=C4CCCN[C@H]4C[C@@H](C)C3)N2[C@@H](CC2CCCCN2)C1. The van der Waals surface area contributed by atoms with Crippen LogP contribution in [-0.4, -0.2) is 48.2 Å². The predicted octanol–water partition coefficient (Wildman–Crippen LogP) is 5.41. The molecular weight excluding hydrogens is 366 g/mol. The van der Waals surface area contributed by atoms with Crippen molar-refractivity contribution in [2.75, 3.05) is 13.1 Å². The number of nitrogens with one attached hydrogen (secondary N) is 2. The van der Waals surface area contributed by atoms with Crippen molar-refractivity contribution in [3.05, 3.63) is 11.1 Å². The summed E-state index contributed by atoms with van der Waals surface area (Å²) in [6.45, 7) is 7.52. The summed E-state index contributed by atoms with van der Waals surface area (Å²) in [7, 11) is 0. The van der Waals surface area contributed by atoms with Gasteiger partial charge in [0.1, 0.15) is 0 Å². The van der Waals surface area contributed by atoms with E-state index in [1.165, 1.54) is 103 Å². The predicted molar refractivity (Wildman–Crippen MR) is 127 cm³/mol. The summed E-state index contributed by atoms with van der Waals surface area (Å²) in [5, 5.41) is 7.74. The van der Waals surface area contributed by atoms with Crippen molar-refractivity contribution >= 4 is 0 Å². The number of fused-ring (bicyclic) bond motifs is 2. The van der Waals surface area contributed by atoms with Gasteiger partial charge >= 0.3 is 0 Å². The van der Waals surface area contributed by atoms with Crippen LogP contribution in [0.2, 0.25) is 0 Å². The third-order valence-corrected chi connectivity index (χ3v) is 9.26. The maximum absolute atomic E-state index is 3.87. The van der Waals surface area contributed by atoms with E-state index < -0.39 is 0 Å². The lowest BCUT2D eigenvalue weighted by Gasteiger charge is -2.53. The highest BCUT2D eigenvalue weighted by Gasteiger charge is 2.42. The lowest BCUT2D eigenvalue weighted by atomic mass is 9.73. The zero-order valence-corrected chi connectivity index (χ0v) is 19.8. The van der Waals surface area contributed by atoms with Crippen LogP contribution in [0.4, 0.5) is 0 Å². The molecule has 0 aromatic rings. The van der Waals surface area contributed by atoms with E-state index in [0.717, 1.165) is 36.0 Å². The third-order valence-electron chi connectivity index (χ3n) is 9.26. The molecule has 1 unspecified atom stereocenters. The summed E-state index contributed by atoms with van der Waals surface area (Å²) in [5.41, 5.74) is 3.72. The molecule has 170 valence electrons. The summed E-state index contributed by atoms with van der Waals surface area (Å²) in [6.07, 6.45) is 19.8. The Morgan fingerprint density at radius 1 is 0.833 bits per heavy atom. The summed E-state index contributed by atoms with van der Waals surface area (Å²) in [5.74, 6) is 1.78. The summed E-state index contributed by atoms with van der Waals surface area (Å²) >= 11 is 0. The van der Waals surface area contributed by atoms with E-state index in [2.05, 4.69) is 29.4 Å². The van der Waals surface area contributed by atoms with Gasteiger partial charge in [-0.05, 0) is 102 Å². The van der Waals surface area contributed by atoms with Crippen LogP contribution in [0.3, 0.4) is 0 Å². The van der Waals surface area contributed by atoms with E-state index in [9.17, 15) is 0 Å². The van der Waals surface area contributed by atoms with E-state index in [0.29, 0.717) is 6.04 Å². The van der Waals surface area contributed by atoms with Gasteiger partial charge in [-0.2, -0.15) is 0 Å². The molecule has 0 saturated carbocycles. The molecule has 0 bridgehead atoms. The van der Waals surface area contributed by atoms with E-state index in [-0.39, 0.29) is 0 Å². The minimum absolute atomic E-state index is 0.709. The molecule has 2 N–H and O–H groups in total. The molecule has 0 aromatic carbocycles. The third kappa shape index (κ3) is 4.69. The van der Waals surface area contributed by atoms with Gasteiger partial charge < -0.3 is 10.6 Å². The maximum atomic E-state index is 3.87. The van der Waals surface area contributed by atoms with Gasteiger partial charge in [0.25, 0.3) is 0 Å². The normalized spacial score (nSPS) is 43.2. The molecule has 4 aliphatic heterocycles. The van der Waals surface area contributed by atoms with Crippen molar-refractivity contribution < 1.29 is 0 Å². The first-order chi connectivity index (χ1) is 14.7. The molecule has 1 aliphatic carbocycles. The Morgan fingerprint density at radius 2 is 1.73 bits per heavy atom. The number of hydrogen-bond acceptors (Lipinski definition) is 3. The van der Waals surface area contributed by atoms with Gasteiger partial charge in [0.05, 0.1) is 0 Å². The molecule has 0 aromatic heterocycles. The topological polar surface area (TPSA) is 27.3 Å². The number of rotatable bonds is 4. The highest BCUT2D eigenvalue weighted by atomic mass is 15.2. The molecule has 0 spiro atoms. The Morgan fingerprint density at radius 3 is 2.60 bits per heavy atom. The van der Waals surface area contributed by atoms with Gasteiger partial charge in [-0.1, -0.05) is 37.8 Å². The summed E-state index contributed by atoms with van der Waals surface area (Å²) < 4.78 is 0. The van der Waals surface area contributed by atoms with Gasteiger partial charge in [-0.15, -0.1) is 0 Å². The molecular formula is C27H47N3. The van der Waals surface area contributed by atoms with Crippen LogP contribution in [0.5, 0.6) is 0 Å². The first-order valence-corrected chi connectivity index (χ1v) is 13.6. The highest BCUT2D eigenvalue weighted by Crippen LogP contribution is 2.43. The van der Waals surface area contributed by atoms with Gasteiger partial charge in [-0.25, -0.2) is 0 Å². The minimum Gasteiger partial charge on any atom is -0.314 e. The fraction of sp³-hybridized carbons (Fsp3) is 0.926. The Hall–Kier alpha value is -0.380. The summed E-state index contributed by atoms with van der Waals surface area (Å²) in [4.78, 5) is 3.11. The van der Waals surface area contributed by atoms with Crippen LogP contribution in [0.25, 0.3) is 0 Å². The van der Waals surface area contributed by atoms with Crippen molar-refractivity contribution in [1.29, 1.82) is 0 Å². The molecule has 5 rings (SSSR count). The molecule has 7 atom stereocenters. The smallest absolute Gasteiger partial charge is 0.0284 e. The van der Waals surface area contributed by atoms with Crippen molar-refractivity contribution in [1.82, 2.24) is 15.5 Å². The van der Waals surface area contributed by atoms with Crippen LogP contribution in [0.1, 0.15) is 104 Å². The van der Waals surface area contributed by atoms with Crippen molar-refractivity contribution in [3.63, 3.8) is 0 Å². The second kappa shape index (κ2) is 9.63. The van der Waals surface area contributed by atoms with Crippen LogP contribution < -0.4 is 10.6 Å². The van der Waals surface area contributed by atoms with Crippen molar-refractivity contribution in [2.45, 2.75) is 134 Å². The average Bonchev–Trinajstić information content (AvgIpc) is 2.74. The van der Waals surface area contributed by atoms with Gasteiger partial charge in [0.15, 0.2) is 0 Å². The maximum Gasteiger partial charge on any atom is 0.0284 e. The molecule has 3 nitrogen and oxygen atoms in total. The van der Waals surface area contributed by atoms with Gasteiger partial charge in [-0.3, -0.25) is 4.90 Å². The van der Waals surface area contributed by atoms with Crippen LogP contribution in [-0.2, 0) is 0 Å².